The number of nitrogens with zero attached hydrogens (tertiary/aromatic N) is 2. The first-order valence-corrected chi connectivity index (χ1v) is 8.78. The first-order chi connectivity index (χ1) is 12.4. The smallest absolute Gasteiger partial charge is 0.357 e. The second-order valence-corrected chi connectivity index (χ2v) is 7.14. The van der Waals surface area contributed by atoms with Crippen LogP contribution in [0.25, 0.3) is 32.9 Å². The number of carbonyl (C=O) groups excluding carboxylic acids is 1. The molecule has 0 aliphatic carbocycles. The molecule has 0 bridgehead atoms. The van der Waals surface area contributed by atoms with Crippen LogP contribution in [-0.2, 0) is 4.74 Å². The minimum absolute atomic E-state index is 0.196. The van der Waals surface area contributed by atoms with Gasteiger partial charge in [0.1, 0.15) is 5.52 Å². The number of aromatic nitrogens is 3. The van der Waals surface area contributed by atoms with Crippen molar-refractivity contribution in [2.75, 3.05) is 0 Å². The molecule has 3 aromatic heterocycles. The van der Waals surface area contributed by atoms with E-state index in [4.69, 9.17) is 14.1 Å². The Bertz CT molecular complexity index is 1150. The lowest BCUT2D eigenvalue weighted by Crippen LogP contribution is -2.14. The lowest BCUT2D eigenvalue weighted by Gasteiger charge is -2.09. The maximum atomic E-state index is 12.4. The van der Waals surface area contributed by atoms with Crippen LogP contribution in [-0.4, -0.2) is 27.0 Å². The van der Waals surface area contributed by atoms with E-state index in [9.17, 15) is 4.79 Å². The average Bonchev–Trinajstić information content (AvgIpc) is 3.15. The molecule has 4 rings (SSSR count). The highest BCUT2D eigenvalue weighted by molar-refractivity contribution is 6.20. The van der Waals surface area contributed by atoms with Crippen LogP contribution in [0.4, 0.5) is 0 Å². The van der Waals surface area contributed by atoms with Crippen LogP contribution in [0.2, 0.25) is 0 Å². The summed E-state index contributed by atoms with van der Waals surface area (Å²) in [6, 6.07) is 3.89. The van der Waals surface area contributed by atoms with Gasteiger partial charge in [0.15, 0.2) is 17.2 Å². The molecule has 6 nitrogen and oxygen atoms in total. The van der Waals surface area contributed by atoms with E-state index in [2.05, 4.69) is 9.97 Å². The van der Waals surface area contributed by atoms with Gasteiger partial charge in [0.25, 0.3) is 0 Å². The van der Waals surface area contributed by atoms with E-state index in [1.165, 1.54) is 0 Å². The fraction of sp³-hybridized carbons (Fsp3) is 0.350. The number of H-pyrrole nitrogens is 1. The van der Waals surface area contributed by atoms with Gasteiger partial charge in [-0.05, 0) is 38.5 Å². The Morgan fingerprint density at radius 2 is 1.92 bits per heavy atom. The highest BCUT2D eigenvalue weighted by Crippen LogP contribution is 2.35. The lowest BCUT2D eigenvalue weighted by molar-refractivity contribution is 0.0370. The maximum absolute atomic E-state index is 12.4. The molecule has 0 aliphatic rings. The molecule has 0 atom stereocenters. The third-order valence-corrected chi connectivity index (χ3v) is 4.45. The Hall–Kier alpha value is -2.89. The van der Waals surface area contributed by atoms with Gasteiger partial charge in [-0.15, -0.1) is 0 Å². The van der Waals surface area contributed by atoms with Gasteiger partial charge in [-0.25, -0.2) is 14.8 Å². The Labute approximate surface area is 150 Å². The molecular formula is C20H21N3O3. The SMILES string of the molecule is Cc1c(C(=O)OC(C)C)ncc2[nH]c3ccc4oc(C(C)C)nc4c3c12. The molecule has 1 N–H and O–H groups in total. The molecule has 6 heteroatoms. The lowest BCUT2D eigenvalue weighted by atomic mass is 10.1. The van der Waals surface area contributed by atoms with Gasteiger partial charge in [-0.2, -0.15) is 0 Å². The minimum Gasteiger partial charge on any atom is -0.458 e. The van der Waals surface area contributed by atoms with Gasteiger partial charge in [0, 0.05) is 22.2 Å². The summed E-state index contributed by atoms with van der Waals surface area (Å²) in [5, 5.41) is 1.88. The molecule has 3 heterocycles. The number of hydrogen-bond donors (Lipinski definition) is 1. The van der Waals surface area contributed by atoms with Crippen molar-refractivity contribution in [3.05, 3.63) is 35.5 Å². The largest absolute Gasteiger partial charge is 0.458 e. The quantitative estimate of drug-likeness (QED) is 0.533. The molecule has 0 fully saturated rings. The van der Waals surface area contributed by atoms with Gasteiger partial charge in [-0.1, -0.05) is 13.8 Å². The van der Waals surface area contributed by atoms with Crippen LogP contribution < -0.4 is 0 Å². The summed E-state index contributed by atoms with van der Waals surface area (Å²) in [7, 11) is 0. The number of nitrogens with one attached hydrogen (secondary N) is 1. The predicted molar refractivity (Wildman–Crippen MR) is 101 cm³/mol. The fourth-order valence-corrected chi connectivity index (χ4v) is 3.26. The second-order valence-electron chi connectivity index (χ2n) is 7.14. The van der Waals surface area contributed by atoms with Crippen molar-refractivity contribution in [2.24, 2.45) is 0 Å². The third kappa shape index (κ3) is 2.44. The highest BCUT2D eigenvalue weighted by Gasteiger charge is 2.21. The first-order valence-electron chi connectivity index (χ1n) is 8.78. The van der Waals surface area contributed by atoms with Crippen molar-refractivity contribution in [2.45, 2.75) is 46.6 Å². The number of carbonyl (C=O) groups is 1. The number of benzene rings is 1. The van der Waals surface area contributed by atoms with Crippen LogP contribution >= 0.6 is 0 Å². The number of ether oxygens (including phenoxy) is 1. The summed E-state index contributed by atoms with van der Waals surface area (Å²) in [4.78, 5) is 24.8. The number of pyridine rings is 1. The summed E-state index contributed by atoms with van der Waals surface area (Å²) < 4.78 is 11.2. The molecule has 26 heavy (non-hydrogen) atoms. The molecule has 4 aromatic rings. The fourth-order valence-electron chi connectivity index (χ4n) is 3.26. The van der Waals surface area contributed by atoms with E-state index < -0.39 is 5.97 Å². The zero-order valence-electron chi connectivity index (χ0n) is 15.5. The molecule has 0 unspecified atom stereocenters. The topological polar surface area (TPSA) is 81.0 Å². The first kappa shape index (κ1) is 16.6. The number of rotatable bonds is 3. The summed E-state index contributed by atoms with van der Waals surface area (Å²) in [6.07, 6.45) is 1.48. The standard InChI is InChI=1S/C20H21N3O3/c1-9(2)19-23-18-14(26-19)7-6-12-16(18)15-11(5)17(20(24)25-10(3)4)21-8-13(15)22-12/h6-10,22H,1-5H3. The van der Waals surface area contributed by atoms with Crippen molar-refractivity contribution >= 4 is 38.9 Å². The van der Waals surface area contributed by atoms with Gasteiger partial charge < -0.3 is 14.1 Å². The van der Waals surface area contributed by atoms with Crippen molar-refractivity contribution in [1.82, 2.24) is 15.0 Å². The number of oxazole rings is 1. The Balaban J connectivity index is 2.04. The molecule has 134 valence electrons. The molecular weight excluding hydrogens is 330 g/mol. The molecule has 0 amide bonds. The molecule has 0 saturated heterocycles. The van der Waals surface area contributed by atoms with Crippen LogP contribution in [0.15, 0.2) is 22.7 Å². The predicted octanol–water partition coefficient (Wildman–Crippen LogP) is 4.85. The number of esters is 1. The zero-order valence-corrected chi connectivity index (χ0v) is 15.5. The number of aryl methyl sites for hydroxylation is 1. The highest BCUT2D eigenvalue weighted by atomic mass is 16.5. The zero-order chi connectivity index (χ0) is 18.6. The van der Waals surface area contributed by atoms with Crippen LogP contribution in [0.5, 0.6) is 0 Å². The molecule has 0 spiro atoms. The summed E-state index contributed by atoms with van der Waals surface area (Å²) in [5.41, 5.74) is 4.45. The van der Waals surface area contributed by atoms with Crippen molar-refractivity contribution in [1.29, 1.82) is 0 Å². The van der Waals surface area contributed by atoms with Crippen LogP contribution in [0, 0.1) is 6.92 Å². The van der Waals surface area contributed by atoms with Crippen molar-refractivity contribution in [3.63, 3.8) is 0 Å². The van der Waals surface area contributed by atoms with E-state index >= 15 is 0 Å². The Morgan fingerprint density at radius 3 is 2.62 bits per heavy atom. The molecule has 0 radical (unpaired) electrons. The van der Waals surface area contributed by atoms with E-state index in [1.54, 1.807) is 6.20 Å². The van der Waals surface area contributed by atoms with E-state index in [-0.39, 0.29) is 12.0 Å². The molecule has 0 aliphatic heterocycles. The second kappa shape index (κ2) is 5.83. The Morgan fingerprint density at radius 1 is 1.15 bits per heavy atom. The number of hydrogen-bond acceptors (Lipinski definition) is 5. The minimum atomic E-state index is -0.413. The number of aromatic amines is 1. The van der Waals surface area contributed by atoms with Crippen molar-refractivity contribution in [3.8, 4) is 0 Å². The molecule has 1 aromatic carbocycles. The van der Waals surface area contributed by atoms with E-state index in [0.29, 0.717) is 11.6 Å². The maximum Gasteiger partial charge on any atom is 0.357 e. The van der Waals surface area contributed by atoms with Gasteiger partial charge in [0.05, 0.1) is 17.8 Å². The summed E-state index contributed by atoms with van der Waals surface area (Å²) in [5.74, 6) is 0.485. The van der Waals surface area contributed by atoms with Gasteiger partial charge >= 0.3 is 5.97 Å². The monoisotopic (exact) mass is 351 g/mol. The van der Waals surface area contributed by atoms with E-state index in [0.717, 1.165) is 38.5 Å². The Kier molecular flexibility index (Phi) is 3.72. The molecule has 0 saturated carbocycles. The van der Waals surface area contributed by atoms with Crippen molar-refractivity contribution < 1.29 is 13.9 Å². The third-order valence-electron chi connectivity index (χ3n) is 4.45. The van der Waals surface area contributed by atoms with Crippen LogP contribution in [0.3, 0.4) is 0 Å². The summed E-state index contributed by atoms with van der Waals surface area (Å²) >= 11 is 0. The van der Waals surface area contributed by atoms with E-state index in [1.807, 2.05) is 46.8 Å². The van der Waals surface area contributed by atoms with Crippen LogP contribution in [0.1, 0.15) is 55.6 Å². The number of fused-ring (bicyclic) bond motifs is 5. The normalized spacial score (nSPS) is 12.1. The van der Waals surface area contributed by atoms with Gasteiger partial charge in [0.2, 0.25) is 0 Å². The summed E-state index contributed by atoms with van der Waals surface area (Å²) in [6.45, 7) is 9.63. The average molecular weight is 351 g/mol. The van der Waals surface area contributed by atoms with Gasteiger partial charge in [-0.3, -0.25) is 0 Å².